The lowest BCUT2D eigenvalue weighted by Crippen LogP contribution is -2.75. The molecule has 2 heteroatoms. The molecule has 0 radical (unpaired) electrons. The van der Waals surface area contributed by atoms with Crippen LogP contribution < -0.4 is 4.90 Å². The van der Waals surface area contributed by atoms with Crippen LogP contribution in [0.5, 0.6) is 0 Å². The molecule has 5 atom stereocenters. The zero-order valence-corrected chi connectivity index (χ0v) is 17.8. The summed E-state index contributed by atoms with van der Waals surface area (Å²) in [6, 6.07) is 14.1. The predicted octanol–water partition coefficient (Wildman–Crippen LogP) is 6.40. The average molecular weight is 385 g/mol. The summed E-state index contributed by atoms with van der Waals surface area (Å²) < 4.78 is 0. The van der Waals surface area contributed by atoms with Gasteiger partial charge in [-0.15, -0.1) is 0 Å². The summed E-state index contributed by atoms with van der Waals surface area (Å²) in [7, 11) is 0. The number of benzene rings is 1. The highest BCUT2D eigenvalue weighted by Gasteiger charge is 2.77. The van der Waals surface area contributed by atoms with Crippen molar-refractivity contribution in [2.75, 3.05) is 4.90 Å². The Kier molecular flexibility index (Phi) is 3.18. The van der Waals surface area contributed by atoms with Crippen molar-refractivity contribution >= 4 is 11.5 Å². The third-order valence-corrected chi connectivity index (χ3v) is 10.2. The highest BCUT2D eigenvalue weighted by molar-refractivity contribution is 5.74. The van der Waals surface area contributed by atoms with E-state index < -0.39 is 0 Å². The molecule has 2 nitrogen and oxygen atoms in total. The molecule has 150 valence electrons. The summed E-state index contributed by atoms with van der Waals surface area (Å²) in [6.45, 7) is 4.79. The van der Waals surface area contributed by atoms with Crippen LogP contribution in [-0.2, 0) is 5.41 Å². The topological polar surface area (TPSA) is 16.1 Å². The molecule has 0 saturated heterocycles. The zero-order valence-electron chi connectivity index (χ0n) is 17.8. The first-order valence-corrected chi connectivity index (χ1v) is 12.0. The summed E-state index contributed by atoms with van der Waals surface area (Å²) in [5.41, 5.74) is 5.29. The fourth-order valence-corrected chi connectivity index (χ4v) is 9.67. The standard InChI is InChI=1S/C27H32N2/c1-17-6-3-4-8-22(17)29-18(2)27(21-7-5-13-28-25(21)29)23-11-9-19-14-20-10-12-24(27)26(23,15-19)16-20/h3-8,13,18-20,23-24H,9-12,14-16H2,1-2H3. The molecule has 0 amide bonds. The van der Waals surface area contributed by atoms with Crippen LogP contribution in [0.4, 0.5) is 11.5 Å². The molecule has 5 unspecified atom stereocenters. The maximum absolute atomic E-state index is 5.01. The fourth-order valence-electron chi connectivity index (χ4n) is 9.67. The van der Waals surface area contributed by atoms with E-state index in [2.05, 4.69) is 55.1 Å². The third-order valence-electron chi connectivity index (χ3n) is 10.2. The third kappa shape index (κ3) is 1.80. The number of pyridine rings is 1. The second kappa shape index (κ2) is 5.45. The Morgan fingerprint density at radius 1 is 0.931 bits per heavy atom. The predicted molar refractivity (Wildman–Crippen MR) is 117 cm³/mol. The molecule has 1 aromatic carbocycles. The monoisotopic (exact) mass is 384 g/mol. The number of anilines is 2. The van der Waals surface area contributed by atoms with E-state index in [1.54, 1.807) is 5.56 Å². The van der Waals surface area contributed by atoms with Crippen LogP contribution in [0.3, 0.4) is 0 Å². The van der Waals surface area contributed by atoms with E-state index in [-0.39, 0.29) is 0 Å². The van der Waals surface area contributed by atoms with Gasteiger partial charge in [0.25, 0.3) is 0 Å². The van der Waals surface area contributed by atoms with Crippen LogP contribution >= 0.6 is 0 Å². The van der Waals surface area contributed by atoms with Crippen LogP contribution in [0.15, 0.2) is 42.6 Å². The highest BCUT2D eigenvalue weighted by Crippen LogP contribution is 2.80. The van der Waals surface area contributed by atoms with Crippen molar-refractivity contribution in [3.63, 3.8) is 0 Å². The molecule has 4 fully saturated rings. The van der Waals surface area contributed by atoms with Crippen LogP contribution in [0.25, 0.3) is 0 Å². The van der Waals surface area contributed by atoms with Crippen molar-refractivity contribution < 1.29 is 0 Å². The number of nitrogens with zero attached hydrogens (tertiary/aromatic N) is 2. The van der Waals surface area contributed by atoms with E-state index in [4.69, 9.17) is 4.98 Å². The van der Waals surface area contributed by atoms with Crippen molar-refractivity contribution in [1.29, 1.82) is 0 Å². The van der Waals surface area contributed by atoms with Gasteiger partial charge < -0.3 is 4.90 Å². The SMILES string of the molecule is Cc1ccccc1N1c2ncccc2C2(C1C)C1CCC3CC4CCC2C1(C3)C4. The van der Waals surface area contributed by atoms with Gasteiger partial charge in [0.2, 0.25) is 0 Å². The minimum Gasteiger partial charge on any atom is -0.322 e. The Labute approximate surface area is 174 Å². The fraction of sp³-hybridized carbons (Fsp3) is 0.593. The molecular formula is C27H32N2. The molecule has 3 bridgehead atoms. The number of aryl methyl sites for hydroxylation is 1. The molecule has 2 spiro atoms. The lowest BCUT2D eigenvalue weighted by atomic mass is 9.27. The summed E-state index contributed by atoms with van der Waals surface area (Å²) in [6.07, 6.45) is 12.5. The number of para-hydroxylation sites is 1. The molecule has 29 heavy (non-hydrogen) atoms. The van der Waals surface area contributed by atoms with Gasteiger partial charge in [0.15, 0.2) is 0 Å². The number of hydrogen-bond donors (Lipinski definition) is 0. The Morgan fingerprint density at radius 2 is 1.66 bits per heavy atom. The molecular weight excluding hydrogens is 352 g/mol. The lowest BCUT2D eigenvalue weighted by molar-refractivity contribution is -0.240. The summed E-state index contributed by atoms with van der Waals surface area (Å²) in [5, 5.41) is 0. The molecule has 2 heterocycles. The first-order valence-electron chi connectivity index (χ1n) is 12.0. The lowest BCUT2D eigenvalue weighted by Gasteiger charge is -2.76. The second-order valence-corrected chi connectivity index (χ2v) is 11.0. The second-order valence-electron chi connectivity index (χ2n) is 11.0. The number of fused-ring (bicyclic) bond motifs is 6. The normalized spacial score (nSPS) is 43.8. The molecule has 7 rings (SSSR count). The van der Waals surface area contributed by atoms with E-state index in [0.29, 0.717) is 16.9 Å². The Hall–Kier alpha value is -1.83. The van der Waals surface area contributed by atoms with Crippen molar-refractivity contribution in [1.82, 2.24) is 4.98 Å². The van der Waals surface area contributed by atoms with Crippen molar-refractivity contribution in [2.45, 2.75) is 70.3 Å². The van der Waals surface area contributed by atoms with E-state index in [9.17, 15) is 0 Å². The molecule has 0 N–H and O–H groups in total. The smallest absolute Gasteiger partial charge is 0.137 e. The van der Waals surface area contributed by atoms with Crippen LogP contribution in [-0.4, -0.2) is 11.0 Å². The van der Waals surface area contributed by atoms with Crippen LogP contribution in [0.2, 0.25) is 0 Å². The molecule has 5 aliphatic rings. The van der Waals surface area contributed by atoms with Gasteiger partial charge in [0.05, 0.1) is 0 Å². The van der Waals surface area contributed by atoms with Gasteiger partial charge in [0, 0.05) is 28.9 Å². The quantitative estimate of drug-likeness (QED) is 0.565. The van der Waals surface area contributed by atoms with Gasteiger partial charge in [0.1, 0.15) is 5.82 Å². The van der Waals surface area contributed by atoms with Gasteiger partial charge in [-0.2, -0.15) is 0 Å². The Morgan fingerprint density at radius 3 is 2.38 bits per heavy atom. The largest absolute Gasteiger partial charge is 0.322 e. The summed E-state index contributed by atoms with van der Waals surface area (Å²) in [4.78, 5) is 7.63. The zero-order chi connectivity index (χ0) is 19.4. The number of rotatable bonds is 1. The molecule has 1 aromatic heterocycles. The van der Waals surface area contributed by atoms with Gasteiger partial charge in [-0.3, -0.25) is 0 Å². The number of aromatic nitrogens is 1. The van der Waals surface area contributed by atoms with Crippen molar-refractivity contribution in [2.24, 2.45) is 29.1 Å². The summed E-state index contributed by atoms with van der Waals surface area (Å²) in [5.74, 6) is 5.05. The Bertz CT molecular complexity index is 968. The molecule has 1 aliphatic heterocycles. The van der Waals surface area contributed by atoms with E-state index in [0.717, 1.165) is 23.7 Å². The average Bonchev–Trinajstić information content (AvgIpc) is 2.98. The van der Waals surface area contributed by atoms with Crippen LogP contribution in [0.1, 0.15) is 63.0 Å². The number of hydrogen-bond acceptors (Lipinski definition) is 2. The Balaban J connectivity index is 1.43. The van der Waals surface area contributed by atoms with Gasteiger partial charge in [-0.05, 0) is 92.7 Å². The van der Waals surface area contributed by atoms with E-state index >= 15 is 0 Å². The van der Waals surface area contributed by atoms with Crippen LogP contribution in [0, 0.1) is 36.0 Å². The molecule has 4 saturated carbocycles. The van der Waals surface area contributed by atoms with Gasteiger partial charge >= 0.3 is 0 Å². The minimum absolute atomic E-state index is 0.319. The summed E-state index contributed by atoms with van der Waals surface area (Å²) >= 11 is 0. The van der Waals surface area contributed by atoms with Crippen molar-refractivity contribution in [3.8, 4) is 0 Å². The maximum Gasteiger partial charge on any atom is 0.137 e. The minimum atomic E-state index is 0.319. The first kappa shape index (κ1) is 16.9. The van der Waals surface area contributed by atoms with Gasteiger partial charge in [-0.25, -0.2) is 4.98 Å². The molecule has 4 aliphatic carbocycles. The maximum atomic E-state index is 5.01. The van der Waals surface area contributed by atoms with Gasteiger partial charge in [-0.1, -0.05) is 37.1 Å². The molecule has 2 aromatic rings. The highest BCUT2D eigenvalue weighted by atomic mass is 15.3. The van der Waals surface area contributed by atoms with Crippen molar-refractivity contribution in [3.05, 3.63) is 53.7 Å². The van der Waals surface area contributed by atoms with E-state index in [1.165, 1.54) is 62.0 Å². The van der Waals surface area contributed by atoms with E-state index in [1.807, 2.05) is 6.20 Å². The first-order chi connectivity index (χ1) is 14.2.